The van der Waals surface area contributed by atoms with Crippen LogP contribution in [0, 0.1) is 0 Å². The third-order valence-electron chi connectivity index (χ3n) is 1.05. The van der Waals surface area contributed by atoms with E-state index in [9.17, 15) is 14.4 Å². The second-order valence-electron chi connectivity index (χ2n) is 2.18. The van der Waals surface area contributed by atoms with Crippen LogP contribution in [0.2, 0.25) is 0 Å². The van der Waals surface area contributed by atoms with E-state index in [4.69, 9.17) is 5.11 Å². The molecule has 89 valence electrons. The molecule has 1 radical (unpaired) electrons. The molecule has 0 fully saturated rings. The van der Waals surface area contributed by atoms with Gasteiger partial charge in [0.2, 0.25) is 0 Å². The van der Waals surface area contributed by atoms with Crippen LogP contribution in [0.4, 0.5) is 0 Å². The van der Waals surface area contributed by atoms with Crippen LogP contribution in [0.3, 0.4) is 0 Å². The maximum Gasteiger partial charge on any atom is 1.00 e. The summed E-state index contributed by atoms with van der Waals surface area (Å²) in [5, 5.41) is 8.30. The Balaban J connectivity index is -0.000000605. The molecule has 1 N–H and O–H groups in total. The predicted molar refractivity (Wildman–Crippen MR) is 38.1 cm³/mol. The Morgan fingerprint density at radius 1 is 1.50 bits per heavy atom. The first-order chi connectivity index (χ1) is 5.56. The van der Waals surface area contributed by atoms with E-state index >= 15 is 0 Å². The zero-order valence-electron chi connectivity index (χ0n) is 7.17. The van der Waals surface area contributed by atoms with Gasteiger partial charge >= 0.3 is 34.3 Å². The number of hydrogen-bond acceptors (Lipinski definition) is 4. The van der Waals surface area contributed by atoms with Crippen LogP contribution in [0.25, 0.3) is 0 Å². The Labute approximate surface area is 113 Å². The number of rotatable bonds is 5. The molecule has 0 aliphatic carbocycles. The summed E-state index contributed by atoms with van der Waals surface area (Å²) in [5.41, 5.74) is 0. The van der Waals surface area contributed by atoms with Gasteiger partial charge in [-0.05, 0) is 0 Å². The quantitative estimate of drug-likeness (QED) is 0.404. The minimum Gasteiger partial charge on any atom is -0.542 e. The third-order valence-corrected chi connectivity index (χ3v) is 1.05. The summed E-state index contributed by atoms with van der Waals surface area (Å²) in [7, 11) is 0. The first kappa shape index (κ1) is 19.6. The molecule has 14 heavy (non-hydrogen) atoms. The molecule has 0 saturated heterocycles. The average molecular weight is 389 g/mol. The fourth-order valence-electron chi connectivity index (χ4n) is 0.678. The minimum atomic E-state index is -1.11. The van der Waals surface area contributed by atoms with Gasteiger partial charge in [0.05, 0.1) is 12.5 Å². The maximum atomic E-state index is 10.4. The fourth-order valence-corrected chi connectivity index (χ4v) is 0.678. The van der Waals surface area contributed by atoms with Crippen molar-refractivity contribution in [3.8, 4) is 0 Å². The molecule has 0 aromatic heterocycles. The Kier molecular flexibility index (Phi) is 15.7. The van der Waals surface area contributed by atoms with Gasteiger partial charge in [-0.15, -0.1) is 6.42 Å². The van der Waals surface area contributed by atoms with E-state index in [1.54, 1.807) is 0 Å². The monoisotopic (exact) mass is 387 g/mol. The molecule has 1 unspecified atom stereocenters. The summed E-state index contributed by atoms with van der Waals surface area (Å²) < 4.78 is 4.52. The minimum absolute atomic E-state index is 0. The summed E-state index contributed by atoms with van der Waals surface area (Å²) in [5.74, 6) is -1.71. The van der Waals surface area contributed by atoms with Gasteiger partial charge in [-0.3, -0.25) is 15.9 Å². The first-order valence-corrected chi connectivity index (χ1v) is 3.30. The molecule has 0 aromatic carbocycles. The second kappa shape index (κ2) is 11.2. The van der Waals surface area contributed by atoms with Crippen molar-refractivity contribution in [1.29, 1.82) is 0 Å². The van der Waals surface area contributed by atoms with Crippen molar-refractivity contribution in [2.75, 3.05) is 0 Å². The molecule has 5 nitrogen and oxygen atoms in total. The van der Waals surface area contributed by atoms with Crippen LogP contribution in [-0.4, -0.2) is 29.4 Å². The molecule has 0 aromatic rings. The number of carboxylic acid groups (broad SMARTS) is 1. The zero-order valence-corrected chi connectivity index (χ0v) is 10.1. The van der Waals surface area contributed by atoms with Gasteiger partial charge in [0.1, 0.15) is 0 Å². The van der Waals surface area contributed by atoms with Crippen LogP contribution in [0.5, 0.6) is 0 Å². The number of ether oxygens (including phenoxy) is 1. The molecule has 0 spiro atoms. The van der Waals surface area contributed by atoms with E-state index in [2.05, 4.69) is 4.74 Å². The van der Waals surface area contributed by atoms with E-state index < -0.39 is 18.0 Å². The van der Waals surface area contributed by atoms with Crippen molar-refractivity contribution in [2.45, 2.75) is 25.9 Å². The maximum absolute atomic E-state index is 10.4. The van der Waals surface area contributed by atoms with E-state index in [-0.39, 0.29) is 57.6 Å². The van der Waals surface area contributed by atoms with Crippen LogP contribution in [0.1, 0.15) is 19.8 Å². The van der Waals surface area contributed by atoms with Crippen molar-refractivity contribution in [2.24, 2.45) is 0 Å². The Bertz CT molecular complexity index is 179. The van der Waals surface area contributed by atoms with Gasteiger partial charge in [-0.2, -0.15) is 0 Å². The van der Waals surface area contributed by atoms with Gasteiger partial charge < -0.3 is 14.6 Å². The van der Waals surface area contributed by atoms with Gasteiger partial charge in [-0.25, -0.2) is 0 Å². The van der Waals surface area contributed by atoms with Gasteiger partial charge in [-0.1, -0.05) is 0 Å². The summed E-state index contributed by atoms with van der Waals surface area (Å²) in [6.45, 7) is 1.15. The van der Waals surface area contributed by atoms with Crippen LogP contribution in [0.15, 0.2) is 0 Å². The molecule has 0 amide bonds. The normalized spacial score (nSPS) is 10.1. The molecular formula is C7H9Ag2O5. The van der Waals surface area contributed by atoms with E-state index in [0.717, 1.165) is 6.92 Å². The molecule has 7 heteroatoms. The second-order valence-corrected chi connectivity index (χ2v) is 2.18. The summed E-state index contributed by atoms with van der Waals surface area (Å²) in [4.78, 5) is 30.4. The summed E-state index contributed by atoms with van der Waals surface area (Å²) >= 11 is 0. The topological polar surface area (TPSA) is 80.7 Å². The molecular weight excluding hydrogens is 380 g/mol. The molecule has 0 saturated carbocycles. The van der Waals surface area contributed by atoms with E-state index in [1.165, 1.54) is 6.29 Å². The van der Waals surface area contributed by atoms with Gasteiger partial charge in [0, 0.05) is 29.3 Å². The van der Waals surface area contributed by atoms with Crippen molar-refractivity contribution >= 4 is 18.2 Å². The first-order valence-electron chi connectivity index (χ1n) is 3.30. The number of carbonyl (C=O) groups excluding carboxylic acids is 2. The molecule has 1 atom stereocenters. The van der Waals surface area contributed by atoms with Crippen LogP contribution in [-0.2, 0) is 63.9 Å². The van der Waals surface area contributed by atoms with Crippen LogP contribution < -0.4 is 0 Å². The van der Waals surface area contributed by atoms with Crippen LogP contribution >= 0.6 is 0 Å². The zero-order chi connectivity index (χ0) is 9.56. The van der Waals surface area contributed by atoms with Crippen molar-refractivity contribution in [3.05, 3.63) is 0 Å². The van der Waals surface area contributed by atoms with E-state index in [0.29, 0.717) is 0 Å². The number of carboxylic acids is 1. The average Bonchev–Trinajstić information content (AvgIpc) is 1.84. The summed E-state index contributed by atoms with van der Waals surface area (Å²) in [6.07, 6.45) is 0.0280. The standard InChI is InChI=1S/C7H9O5.2Ag/c1-5(9)12-6(2-3-8)4-7(10)11;;/h6H,2,4H2,1H3,(H,10,11);;/q-1;;+1. The molecule has 0 rings (SSSR count). The smallest absolute Gasteiger partial charge is 0.542 e. The molecule has 0 aliphatic heterocycles. The number of aliphatic carboxylic acids is 1. The van der Waals surface area contributed by atoms with Crippen molar-refractivity contribution < 1.29 is 69.0 Å². The predicted octanol–water partition coefficient (Wildman–Crippen LogP) is -0.112. The molecule has 0 heterocycles. The van der Waals surface area contributed by atoms with Gasteiger partial charge in [0.15, 0.2) is 0 Å². The van der Waals surface area contributed by atoms with Gasteiger partial charge in [0.25, 0.3) is 0 Å². The molecule has 0 bridgehead atoms. The Morgan fingerprint density at radius 3 is 2.29 bits per heavy atom. The third kappa shape index (κ3) is 12.1. The fraction of sp³-hybridized carbons (Fsp3) is 0.571. The number of carbonyl (C=O) groups is 2. The molecule has 0 aliphatic rings. The van der Waals surface area contributed by atoms with E-state index in [1.807, 2.05) is 0 Å². The Morgan fingerprint density at radius 2 is 2.00 bits per heavy atom. The summed E-state index contributed by atoms with van der Waals surface area (Å²) in [6, 6.07) is 0. The Hall–Kier alpha value is 0.0905. The number of hydrogen-bond donors (Lipinski definition) is 1. The van der Waals surface area contributed by atoms with Crippen molar-refractivity contribution in [3.63, 3.8) is 0 Å². The largest absolute Gasteiger partial charge is 1.00 e. The number of esters is 1. The SMILES string of the molecule is CC(=O)OC(C[C-]=O)CC(=O)O.[Ag+].[Ag]. The van der Waals surface area contributed by atoms with Crippen molar-refractivity contribution in [1.82, 2.24) is 0 Å².